The Hall–Kier alpha value is -2.16. The Kier molecular flexibility index (Phi) is 4.23. The number of pyridine rings is 1. The summed E-state index contributed by atoms with van der Waals surface area (Å²) in [5.41, 5.74) is 3.07. The van der Waals surface area contributed by atoms with Gasteiger partial charge in [0.2, 0.25) is 0 Å². The topological polar surface area (TPSA) is 33.2 Å². The van der Waals surface area contributed by atoms with Crippen LogP contribution in [0.5, 0.6) is 0 Å². The fraction of sp³-hybridized carbons (Fsp3) is 0.368. The smallest absolute Gasteiger partial charge is 0.166 e. The third-order valence-corrected chi connectivity index (χ3v) is 4.40. The van der Waals surface area contributed by atoms with E-state index < -0.39 is 0 Å². The molecule has 114 valence electrons. The van der Waals surface area contributed by atoms with Crippen LogP contribution in [-0.2, 0) is 0 Å². The average Bonchev–Trinajstić information content (AvgIpc) is 2.55. The predicted octanol–water partition coefficient (Wildman–Crippen LogP) is 3.80. The zero-order valence-corrected chi connectivity index (χ0v) is 13.2. The second-order valence-corrected chi connectivity index (χ2v) is 6.13. The molecule has 3 heteroatoms. The lowest BCUT2D eigenvalue weighted by Crippen LogP contribution is -2.36. The van der Waals surface area contributed by atoms with E-state index in [0.717, 1.165) is 43.0 Å². The van der Waals surface area contributed by atoms with Crippen LogP contribution in [0.3, 0.4) is 0 Å². The number of nitrogens with zero attached hydrogens (tertiary/aromatic N) is 2. The number of rotatable bonds is 3. The lowest BCUT2D eigenvalue weighted by Gasteiger charge is -2.32. The summed E-state index contributed by atoms with van der Waals surface area (Å²) in [5, 5.41) is 0. The maximum Gasteiger partial charge on any atom is 0.166 e. The van der Waals surface area contributed by atoms with Crippen LogP contribution < -0.4 is 4.90 Å². The molecule has 3 rings (SSSR count). The van der Waals surface area contributed by atoms with E-state index in [-0.39, 0.29) is 11.7 Å². The van der Waals surface area contributed by atoms with Crippen LogP contribution in [0.1, 0.15) is 34.5 Å². The molecule has 0 amide bonds. The van der Waals surface area contributed by atoms with Crippen molar-refractivity contribution in [1.29, 1.82) is 0 Å². The predicted molar refractivity (Wildman–Crippen MR) is 89.4 cm³/mol. The number of hydrogen-bond acceptors (Lipinski definition) is 3. The van der Waals surface area contributed by atoms with Crippen molar-refractivity contribution in [1.82, 2.24) is 4.98 Å². The first-order valence-corrected chi connectivity index (χ1v) is 7.93. The van der Waals surface area contributed by atoms with Crippen molar-refractivity contribution < 1.29 is 4.79 Å². The van der Waals surface area contributed by atoms with E-state index in [4.69, 9.17) is 0 Å². The molecule has 1 aliphatic heterocycles. The van der Waals surface area contributed by atoms with Crippen LogP contribution in [-0.4, -0.2) is 23.9 Å². The molecule has 1 aliphatic rings. The number of ketones is 1. The Morgan fingerprint density at radius 1 is 1.05 bits per heavy atom. The first kappa shape index (κ1) is 14.8. The molecule has 1 fully saturated rings. The third kappa shape index (κ3) is 3.19. The summed E-state index contributed by atoms with van der Waals surface area (Å²) in [7, 11) is 0. The highest BCUT2D eigenvalue weighted by Gasteiger charge is 2.26. The van der Waals surface area contributed by atoms with Gasteiger partial charge in [0.1, 0.15) is 5.82 Å². The fourth-order valence-corrected chi connectivity index (χ4v) is 3.03. The van der Waals surface area contributed by atoms with E-state index in [2.05, 4.69) is 16.0 Å². The molecule has 0 N–H and O–H groups in total. The number of aromatic nitrogens is 1. The number of Topliss-reactive ketones (excluding diaryl/α,β-unsaturated/α-hetero) is 1. The molecular formula is C19H22N2O. The van der Waals surface area contributed by atoms with Gasteiger partial charge < -0.3 is 4.90 Å². The maximum atomic E-state index is 12.6. The minimum absolute atomic E-state index is 0.142. The Bertz CT molecular complexity index is 655. The summed E-state index contributed by atoms with van der Waals surface area (Å²) in [5.74, 6) is 1.46. The van der Waals surface area contributed by atoms with Crippen molar-refractivity contribution >= 4 is 11.6 Å². The molecule has 0 atom stereocenters. The summed E-state index contributed by atoms with van der Waals surface area (Å²) < 4.78 is 0. The van der Waals surface area contributed by atoms with Gasteiger partial charge in [-0.1, -0.05) is 35.9 Å². The summed E-state index contributed by atoms with van der Waals surface area (Å²) in [6, 6.07) is 14.0. The summed E-state index contributed by atoms with van der Waals surface area (Å²) >= 11 is 0. The lowest BCUT2D eigenvalue weighted by molar-refractivity contribution is 0.0900. The van der Waals surface area contributed by atoms with E-state index >= 15 is 0 Å². The first-order chi connectivity index (χ1) is 10.6. The van der Waals surface area contributed by atoms with E-state index in [1.807, 2.05) is 50.2 Å². The van der Waals surface area contributed by atoms with E-state index in [1.165, 1.54) is 5.56 Å². The minimum atomic E-state index is 0.142. The molecule has 0 unspecified atom stereocenters. The average molecular weight is 294 g/mol. The molecule has 3 nitrogen and oxygen atoms in total. The van der Waals surface area contributed by atoms with Crippen LogP contribution in [0.2, 0.25) is 0 Å². The number of hydrogen-bond donors (Lipinski definition) is 0. The number of aryl methyl sites for hydroxylation is 2. The van der Waals surface area contributed by atoms with Crippen molar-refractivity contribution in [3.8, 4) is 0 Å². The van der Waals surface area contributed by atoms with Crippen LogP contribution in [0, 0.1) is 19.8 Å². The largest absolute Gasteiger partial charge is 0.357 e. The zero-order valence-electron chi connectivity index (χ0n) is 13.2. The van der Waals surface area contributed by atoms with Gasteiger partial charge in [-0.3, -0.25) is 4.79 Å². The third-order valence-electron chi connectivity index (χ3n) is 4.40. The second-order valence-electron chi connectivity index (χ2n) is 6.13. The molecule has 2 heterocycles. The normalized spacial score (nSPS) is 15.8. The molecule has 2 aromatic rings. The highest BCUT2D eigenvalue weighted by Crippen LogP contribution is 2.25. The van der Waals surface area contributed by atoms with Gasteiger partial charge in [-0.25, -0.2) is 4.98 Å². The van der Waals surface area contributed by atoms with Crippen LogP contribution >= 0.6 is 0 Å². The van der Waals surface area contributed by atoms with Gasteiger partial charge >= 0.3 is 0 Å². The molecule has 0 bridgehead atoms. The van der Waals surface area contributed by atoms with Crippen LogP contribution in [0.4, 0.5) is 5.82 Å². The van der Waals surface area contributed by atoms with Gasteiger partial charge in [-0.05, 0) is 38.8 Å². The van der Waals surface area contributed by atoms with E-state index in [0.29, 0.717) is 0 Å². The Balaban J connectivity index is 1.64. The van der Waals surface area contributed by atoms with Crippen molar-refractivity contribution in [2.45, 2.75) is 26.7 Å². The maximum absolute atomic E-state index is 12.6. The molecule has 22 heavy (non-hydrogen) atoms. The lowest BCUT2D eigenvalue weighted by atomic mass is 9.88. The van der Waals surface area contributed by atoms with Gasteiger partial charge in [0.15, 0.2) is 5.78 Å². The molecule has 1 saturated heterocycles. The molecule has 1 aromatic heterocycles. The SMILES string of the molecule is Cc1ccc(C(=O)C2CCN(c3cccc(C)n3)CC2)cc1. The Labute approximate surface area is 132 Å². The van der Waals surface area contributed by atoms with Gasteiger partial charge in [-0.15, -0.1) is 0 Å². The minimum Gasteiger partial charge on any atom is -0.357 e. The van der Waals surface area contributed by atoms with Gasteiger partial charge in [-0.2, -0.15) is 0 Å². The molecule has 0 aliphatic carbocycles. The Morgan fingerprint density at radius 3 is 2.36 bits per heavy atom. The van der Waals surface area contributed by atoms with Gasteiger partial charge in [0, 0.05) is 30.3 Å². The molecule has 0 saturated carbocycles. The quantitative estimate of drug-likeness (QED) is 0.807. The number of carbonyl (C=O) groups excluding carboxylic acids is 1. The van der Waals surface area contributed by atoms with Crippen LogP contribution in [0.15, 0.2) is 42.5 Å². The monoisotopic (exact) mass is 294 g/mol. The van der Waals surface area contributed by atoms with Crippen molar-refractivity contribution in [3.63, 3.8) is 0 Å². The zero-order chi connectivity index (χ0) is 15.5. The number of benzene rings is 1. The number of anilines is 1. The summed E-state index contributed by atoms with van der Waals surface area (Å²) in [6.45, 7) is 5.86. The van der Waals surface area contributed by atoms with Crippen LogP contribution in [0.25, 0.3) is 0 Å². The van der Waals surface area contributed by atoms with Crippen molar-refractivity contribution in [3.05, 3.63) is 59.3 Å². The number of piperidine rings is 1. The fourth-order valence-electron chi connectivity index (χ4n) is 3.03. The highest BCUT2D eigenvalue weighted by atomic mass is 16.1. The van der Waals surface area contributed by atoms with Crippen molar-refractivity contribution in [2.24, 2.45) is 5.92 Å². The molecule has 1 aromatic carbocycles. The van der Waals surface area contributed by atoms with E-state index in [9.17, 15) is 4.79 Å². The first-order valence-electron chi connectivity index (χ1n) is 7.93. The van der Waals surface area contributed by atoms with Gasteiger partial charge in [0.05, 0.1) is 0 Å². The van der Waals surface area contributed by atoms with Crippen molar-refractivity contribution in [2.75, 3.05) is 18.0 Å². The summed E-state index contributed by atoms with van der Waals surface area (Å²) in [6.07, 6.45) is 1.81. The molecular weight excluding hydrogens is 272 g/mol. The molecule has 0 radical (unpaired) electrons. The standard InChI is InChI=1S/C19H22N2O/c1-14-6-8-16(9-7-14)19(22)17-10-12-21(13-11-17)18-5-3-4-15(2)20-18/h3-9,17H,10-13H2,1-2H3. The van der Waals surface area contributed by atoms with Gasteiger partial charge in [0.25, 0.3) is 0 Å². The second kappa shape index (κ2) is 6.30. The molecule has 0 spiro atoms. The van der Waals surface area contributed by atoms with E-state index in [1.54, 1.807) is 0 Å². The Morgan fingerprint density at radius 2 is 1.73 bits per heavy atom. The summed E-state index contributed by atoms with van der Waals surface area (Å²) in [4.78, 5) is 19.4. The highest BCUT2D eigenvalue weighted by molar-refractivity contribution is 5.98. The number of carbonyl (C=O) groups is 1.